The van der Waals surface area contributed by atoms with Crippen LogP contribution in [0.2, 0.25) is 10.0 Å². The van der Waals surface area contributed by atoms with Gasteiger partial charge in [-0.2, -0.15) is 4.31 Å². The summed E-state index contributed by atoms with van der Waals surface area (Å²) < 4.78 is 32.0. The maximum atomic E-state index is 12.8. The Morgan fingerprint density at radius 1 is 1.29 bits per heavy atom. The Hall–Kier alpha value is -0.860. The van der Waals surface area contributed by atoms with Crippen molar-refractivity contribution >= 4 is 39.1 Å². The summed E-state index contributed by atoms with van der Waals surface area (Å²) in [6.45, 7) is 4.93. The molecule has 0 radical (unpaired) electrons. The number of hydrogen-bond acceptors (Lipinski definition) is 4. The standard InChI is InChI=1S/C15H20Cl2N2O4S/c1-3-10(2)18-15(20)11-8-14(13(17)9-12(11)16)24(21,22)19-4-6-23-7-5-19/h8-10H,3-7H2,1-2H3,(H,18,20)/t10-/m0/s1. The highest BCUT2D eigenvalue weighted by molar-refractivity contribution is 7.89. The summed E-state index contributed by atoms with van der Waals surface area (Å²) in [4.78, 5) is 12.2. The summed E-state index contributed by atoms with van der Waals surface area (Å²) in [6, 6.07) is 2.48. The van der Waals surface area contributed by atoms with Gasteiger partial charge in [-0.15, -0.1) is 0 Å². The third-order valence-electron chi connectivity index (χ3n) is 3.84. The van der Waals surface area contributed by atoms with E-state index in [1.165, 1.54) is 16.4 Å². The number of nitrogens with one attached hydrogen (secondary N) is 1. The normalized spacial score (nSPS) is 17.5. The van der Waals surface area contributed by atoms with Crippen LogP contribution >= 0.6 is 23.2 Å². The summed E-state index contributed by atoms with van der Waals surface area (Å²) in [7, 11) is -3.82. The van der Waals surface area contributed by atoms with Crippen molar-refractivity contribution in [2.24, 2.45) is 0 Å². The average molecular weight is 395 g/mol. The molecule has 24 heavy (non-hydrogen) atoms. The second kappa shape index (κ2) is 8.01. The van der Waals surface area contributed by atoms with Crippen molar-refractivity contribution in [2.75, 3.05) is 26.3 Å². The lowest BCUT2D eigenvalue weighted by Crippen LogP contribution is -2.40. The van der Waals surface area contributed by atoms with Crippen molar-refractivity contribution in [3.8, 4) is 0 Å². The van der Waals surface area contributed by atoms with Crippen molar-refractivity contribution in [3.63, 3.8) is 0 Å². The van der Waals surface area contributed by atoms with Gasteiger partial charge in [0.05, 0.1) is 28.8 Å². The number of rotatable bonds is 5. The number of carbonyl (C=O) groups is 1. The molecule has 0 spiro atoms. The van der Waals surface area contributed by atoms with E-state index in [2.05, 4.69) is 5.32 Å². The maximum absolute atomic E-state index is 12.8. The van der Waals surface area contributed by atoms with E-state index in [1.54, 1.807) is 0 Å². The average Bonchev–Trinajstić information content (AvgIpc) is 2.55. The van der Waals surface area contributed by atoms with Gasteiger partial charge >= 0.3 is 0 Å². The molecule has 1 heterocycles. The van der Waals surface area contributed by atoms with Crippen LogP contribution in [0.5, 0.6) is 0 Å². The molecule has 1 fully saturated rings. The molecular weight excluding hydrogens is 375 g/mol. The summed E-state index contributed by atoms with van der Waals surface area (Å²) in [5, 5.41) is 2.87. The predicted molar refractivity (Wildman–Crippen MR) is 93.3 cm³/mol. The Bertz CT molecular complexity index is 718. The minimum absolute atomic E-state index is 0.00779. The minimum Gasteiger partial charge on any atom is -0.379 e. The zero-order chi connectivity index (χ0) is 17.9. The number of morpholine rings is 1. The topological polar surface area (TPSA) is 75.7 Å². The summed E-state index contributed by atoms with van der Waals surface area (Å²) in [5.74, 6) is -0.426. The monoisotopic (exact) mass is 394 g/mol. The smallest absolute Gasteiger partial charge is 0.253 e. The van der Waals surface area contributed by atoms with Crippen LogP contribution in [0.15, 0.2) is 17.0 Å². The van der Waals surface area contributed by atoms with Crippen LogP contribution in [0, 0.1) is 0 Å². The van der Waals surface area contributed by atoms with Crippen LogP contribution in [0.4, 0.5) is 0 Å². The number of halogens is 2. The molecule has 0 saturated carbocycles. The largest absolute Gasteiger partial charge is 0.379 e. The van der Waals surface area contributed by atoms with Gasteiger partial charge in [-0.05, 0) is 25.5 Å². The third-order valence-corrected chi connectivity index (χ3v) is 6.52. The predicted octanol–water partition coefficient (Wildman–Crippen LogP) is 2.54. The Kier molecular flexibility index (Phi) is 6.50. The lowest BCUT2D eigenvalue weighted by molar-refractivity contribution is 0.0730. The van der Waals surface area contributed by atoms with Crippen molar-refractivity contribution < 1.29 is 17.9 Å². The van der Waals surface area contributed by atoms with Crippen LogP contribution in [0.3, 0.4) is 0 Å². The van der Waals surface area contributed by atoms with Crippen LogP contribution in [0.25, 0.3) is 0 Å². The van der Waals surface area contributed by atoms with E-state index >= 15 is 0 Å². The Balaban J connectivity index is 2.40. The highest BCUT2D eigenvalue weighted by atomic mass is 35.5. The van der Waals surface area contributed by atoms with Gasteiger partial charge in [-0.25, -0.2) is 8.42 Å². The second-order valence-electron chi connectivity index (χ2n) is 5.56. The molecule has 0 aliphatic carbocycles. The van der Waals surface area contributed by atoms with E-state index in [9.17, 15) is 13.2 Å². The van der Waals surface area contributed by atoms with Crippen molar-refractivity contribution in [3.05, 3.63) is 27.7 Å². The fraction of sp³-hybridized carbons (Fsp3) is 0.533. The first-order valence-electron chi connectivity index (χ1n) is 7.65. The summed E-state index contributed by atoms with van der Waals surface area (Å²) in [6.07, 6.45) is 0.746. The molecule has 1 aliphatic rings. The first-order chi connectivity index (χ1) is 11.3. The van der Waals surface area contributed by atoms with Crippen LogP contribution in [0.1, 0.15) is 30.6 Å². The Labute approximate surface area is 152 Å². The molecule has 0 bridgehead atoms. The van der Waals surface area contributed by atoms with Crippen molar-refractivity contribution in [1.29, 1.82) is 0 Å². The number of nitrogens with zero attached hydrogens (tertiary/aromatic N) is 1. The van der Waals surface area contributed by atoms with Gasteiger partial charge in [0.1, 0.15) is 4.90 Å². The van der Waals surface area contributed by atoms with Crippen LogP contribution in [-0.2, 0) is 14.8 Å². The zero-order valence-electron chi connectivity index (χ0n) is 13.5. The number of benzene rings is 1. The molecular formula is C15H20Cl2N2O4S. The highest BCUT2D eigenvalue weighted by Crippen LogP contribution is 2.31. The van der Waals surface area contributed by atoms with Gasteiger partial charge in [0.2, 0.25) is 10.0 Å². The second-order valence-corrected chi connectivity index (χ2v) is 8.28. The third kappa shape index (κ3) is 4.21. The van der Waals surface area contributed by atoms with E-state index < -0.39 is 15.9 Å². The van der Waals surface area contributed by atoms with Gasteiger partial charge < -0.3 is 10.1 Å². The number of carbonyl (C=O) groups excluding carboxylic acids is 1. The Morgan fingerprint density at radius 3 is 2.50 bits per heavy atom. The zero-order valence-corrected chi connectivity index (χ0v) is 15.8. The number of hydrogen-bond donors (Lipinski definition) is 1. The van der Waals surface area contributed by atoms with Gasteiger partial charge in [-0.1, -0.05) is 30.1 Å². The van der Waals surface area contributed by atoms with E-state index in [4.69, 9.17) is 27.9 Å². The first kappa shape index (κ1) is 19.5. The molecule has 1 N–H and O–H groups in total. The molecule has 134 valence electrons. The molecule has 1 aliphatic heterocycles. The van der Waals surface area contributed by atoms with Crippen LogP contribution < -0.4 is 5.32 Å². The lowest BCUT2D eigenvalue weighted by atomic mass is 10.2. The fourth-order valence-electron chi connectivity index (χ4n) is 2.23. The van der Waals surface area contributed by atoms with Crippen molar-refractivity contribution in [1.82, 2.24) is 9.62 Å². The van der Waals surface area contributed by atoms with Gasteiger partial charge in [0.25, 0.3) is 5.91 Å². The highest BCUT2D eigenvalue weighted by Gasteiger charge is 2.30. The Morgan fingerprint density at radius 2 is 1.92 bits per heavy atom. The molecule has 1 aromatic rings. The number of sulfonamides is 1. The minimum atomic E-state index is -3.82. The SMILES string of the molecule is CC[C@H](C)NC(=O)c1cc(S(=O)(=O)N2CCOCC2)c(Cl)cc1Cl. The molecule has 2 rings (SSSR count). The van der Waals surface area contributed by atoms with Gasteiger partial charge in [0.15, 0.2) is 0 Å². The van der Waals surface area contributed by atoms with Gasteiger partial charge in [-0.3, -0.25) is 4.79 Å². The molecule has 9 heteroatoms. The van der Waals surface area contributed by atoms with E-state index in [0.29, 0.717) is 13.2 Å². The number of ether oxygens (including phenoxy) is 1. The van der Waals surface area contributed by atoms with E-state index in [0.717, 1.165) is 6.42 Å². The van der Waals surface area contributed by atoms with E-state index in [-0.39, 0.29) is 39.6 Å². The molecule has 1 saturated heterocycles. The molecule has 1 amide bonds. The lowest BCUT2D eigenvalue weighted by Gasteiger charge is -2.26. The molecule has 1 aromatic carbocycles. The summed E-state index contributed by atoms with van der Waals surface area (Å²) in [5.41, 5.74) is 0.0909. The first-order valence-corrected chi connectivity index (χ1v) is 9.84. The number of amides is 1. The van der Waals surface area contributed by atoms with E-state index in [1.807, 2.05) is 13.8 Å². The van der Waals surface area contributed by atoms with Crippen LogP contribution in [-0.4, -0.2) is 51.0 Å². The molecule has 1 atom stereocenters. The fourth-order valence-corrected chi connectivity index (χ4v) is 4.47. The molecule has 6 nitrogen and oxygen atoms in total. The summed E-state index contributed by atoms with van der Waals surface area (Å²) >= 11 is 12.2. The quantitative estimate of drug-likeness (QED) is 0.832. The molecule has 0 aromatic heterocycles. The molecule has 0 unspecified atom stereocenters. The van der Waals surface area contributed by atoms with Gasteiger partial charge in [0, 0.05) is 19.1 Å². The maximum Gasteiger partial charge on any atom is 0.253 e. The van der Waals surface area contributed by atoms with Crippen molar-refractivity contribution in [2.45, 2.75) is 31.2 Å².